The Kier molecular flexibility index (Phi) is 2.43. The van der Waals surface area contributed by atoms with Crippen LogP contribution < -0.4 is 5.32 Å². The second kappa shape index (κ2) is 3.58. The lowest BCUT2D eigenvalue weighted by Gasteiger charge is -2.60. The number of rotatable bonds is 1. The van der Waals surface area contributed by atoms with Gasteiger partial charge in [-0.15, -0.1) is 0 Å². The predicted octanol–water partition coefficient (Wildman–Crippen LogP) is 2.55. The zero-order valence-electron chi connectivity index (χ0n) is 11.9. The Morgan fingerprint density at radius 2 is 2.06 bits per heavy atom. The lowest BCUT2D eigenvalue weighted by molar-refractivity contribution is -0.123. The van der Waals surface area contributed by atoms with Gasteiger partial charge in [-0.05, 0) is 58.3 Å². The van der Waals surface area contributed by atoms with Gasteiger partial charge in [-0.2, -0.15) is 0 Å². The maximum Gasteiger partial charge on any atom is 0.217 e. The number of hydrogen-bond donors (Lipinski definition) is 1. The summed E-state index contributed by atoms with van der Waals surface area (Å²) in [5.41, 5.74) is 1.38. The van der Waals surface area contributed by atoms with Crippen LogP contribution in [0.15, 0.2) is 4.99 Å². The van der Waals surface area contributed by atoms with E-state index in [1.165, 1.54) is 31.4 Å². The van der Waals surface area contributed by atoms with Crippen molar-refractivity contribution >= 4 is 11.6 Å². The number of carbonyl (C=O) groups is 1. The van der Waals surface area contributed by atoms with E-state index in [0.29, 0.717) is 11.8 Å². The third-order valence-electron chi connectivity index (χ3n) is 5.92. The predicted molar refractivity (Wildman–Crippen MR) is 72.7 cm³/mol. The van der Waals surface area contributed by atoms with E-state index in [0.717, 1.165) is 5.92 Å². The highest BCUT2D eigenvalue weighted by Gasteiger charge is 2.57. The molecule has 3 rings (SSSR count). The molecule has 100 valence electrons. The number of amides is 1. The molecular weight excluding hydrogens is 224 g/mol. The largest absolute Gasteiger partial charge is 0.350 e. The van der Waals surface area contributed by atoms with Gasteiger partial charge in [-0.1, -0.05) is 0 Å². The van der Waals surface area contributed by atoms with E-state index in [9.17, 15) is 4.79 Å². The molecule has 1 heterocycles. The van der Waals surface area contributed by atoms with Crippen molar-refractivity contribution in [1.82, 2.24) is 5.32 Å². The average molecular weight is 248 g/mol. The number of aliphatic imine (C=N–C) groups is 1. The average Bonchev–Trinajstić information content (AvgIpc) is 2.25. The molecule has 2 saturated carbocycles. The topological polar surface area (TPSA) is 41.5 Å². The van der Waals surface area contributed by atoms with Gasteiger partial charge in [0.05, 0.1) is 5.54 Å². The minimum Gasteiger partial charge on any atom is -0.350 e. The maximum absolute atomic E-state index is 11.6. The number of fused-ring (bicyclic) bond motifs is 2. The van der Waals surface area contributed by atoms with E-state index in [1.807, 2.05) is 0 Å². The Morgan fingerprint density at radius 3 is 2.72 bits per heavy atom. The molecule has 3 aliphatic rings. The molecule has 1 N–H and O–H groups in total. The van der Waals surface area contributed by atoms with Crippen molar-refractivity contribution in [2.24, 2.45) is 22.7 Å². The molecule has 1 amide bonds. The molecule has 18 heavy (non-hydrogen) atoms. The molecule has 1 aliphatic heterocycles. The summed E-state index contributed by atoms with van der Waals surface area (Å²) in [6.07, 6.45) is 4.83. The Labute approximate surface area is 109 Å². The summed E-state index contributed by atoms with van der Waals surface area (Å²) in [6, 6.07) is 0. The summed E-state index contributed by atoms with van der Waals surface area (Å²) in [4.78, 5) is 16.6. The number of nitrogens with one attached hydrogen (secondary N) is 1. The molecule has 2 fully saturated rings. The Hall–Kier alpha value is -0.860. The summed E-state index contributed by atoms with van der Waals surface area (Å²) in [5, 5.41) is 3.26. The number of hydrogen-bond acceptors (Lipinski definition) is 2. The first-order valence-electron chi connectivity index (χ1n) is 7.20. The van der Waals surface area contributed by atoms with Crippen molar-refractivity contribution in [3.8, 4) is 0 Å². The molecule has 0 unspecified atom stereocenters. The first kappa shape index (κ1) is 12.2. The lowest BCUT2D eigenvalue weighted by atomic mass is 9.51. The Balaban J connectivity index is 2.04. The fourth-order valence-corrected chi connectivity index (χ4v) is 4.90. The van der Waals surface area contributed by atoms with Gasteiger partial charge in [0.15, 0.2) is 0 Å². The van der Waals surface area contributed by atoms with E-state index in [2.05, 4.69) is 26.1 Å². The van der Waals surface area contributed by atoms with Crippen LogP contribution in [-0.2, 0) is 4.79 Å². The highest BCUT2D eigenvalue weighted by atomic mass is 16.1. The molecule has 5 atom stereocenters. The van der Waals surface area contributed by atoms with Crippen LogP contribution in [0, 0.1) is 17.8 Å². The van der Waals surface area contributed by atoms with Crippen molar-refractivity contribution in [2.75, 3.05) is 0 Å². The van der Waals surface area contributed by atoms with Gasteiger partial charge in [0, 0.05) is 24.1 Å². The van der Waals surface area contributed by atoms with Crippen LogP contribution >= 0.6 is 0 Å². The van der Waals surface area contributed by atoms with Crippen LogP contribution in [0.4, 0.5) is 0 Å². The van der Waals surface area contributed by atoms with Gasteiger partial charge in [0.2, 0.25) is 5.91 Å². The van der Waals surface area contributed by atoms with Crippen molar-refractivity contribution in [2.45, 2.75) is 64.5 Å². The molecule has 3 heteroatoms. The highest BCUT2D eigenvalue weighted by molar-refractivity contribution is 5.88. The molecule has 3 nitrogen and oxygen atoms in total. The van der Waals surface area contributed by atoms with Crippen molar-refractivity contribution in [1.29, 1.82) is 0 Å². The molecule has 0 aromatic heterocycles. The molecule has 0 saturated heterocycles. The zero-order valence-corrected chi connectivity index (χ0v) is 11.9. The van der Waals surface area contributed by atoms with Crippen LogP contribution in [0.5, 0.6) is 0 Å². The van der Waals surface area contributed by atoms with Gasteiger partial charge in [0.1, 0.15) is 0 Å². The molecule has 2 aliphatic carbocycles. The molecule has 0 aromatic carbocycles. The smallest absolute Gasteiger partial charge is 0.217 e. The maximum atomic E-state index is 11.6. The second-order valence-electron chi connectivity index (χ2n) is 7.03. The van der Waals surface area contributed by atoms with Gasteiger partial charge in [-0.25, -0.2) is 0 Å². The van der Waals surface area contributed by atoms with E-state index in [4.69, 9.17) is 4.99 Å². The summed E-state index contributed by atoms with van der Waals surface area (Å²) in [7, 11) is 0. The van der Waals surface area contributed by atoms with Crippen molar-refractivity contribution in [3.63, 3.8) is 0 Å². The SMILES string of the molecule is CC(=O)N[C@@]1(C)[C@H]2CC[C@@]3(C)N=C(C)[C@@H]1C[C@H]3C2. The third kappa shape index (κ3) is 1.49. The molecule has 0 spiro atoms. The van der Waals surface area contributed by atoms with Crippen LogP contribution in [-0.4, -0.2) is 22.7 Å². The highest BCUT2D eigenvalue weighted by Crippen LogP contribution is 2.56. The minimum atomic E-state index is -0.0718. The molecular formula is C15H24N2O. The van der Waals surface area contributed by atoms with Gasteiger partial charge in [0.25, 0.3) is 0 Å². The van der Waals surface area contributed by atoms with Crippen LogP contribution in [0.2, 0.25) is 0 Å². The van der Waals surface area contributed by atoms with Crippen molar-refractivity contribution in [3.05, 3.63) is 0 Å². The molecule has 3 bridgehead atoms. The monoisotopic (exact) mass is 248 g/mol. The van der Waals surface area contributed by atoms with Gasteiger partial charge < -0.3 is 5.32 Å². The Morgan fingerprint density at radius 1 is 1.33 bits per heavy atom. The number of carbonyl (C=O) groups excluding carboxylic acids is 1. The second-order valence-corrected chi connectivity index (χ2v) is 7.03. The summed E-state index contributed by atoms with van der Waals surface area (Å²) in [5.74, 6) is 1.90. The van der Waals surface area contributed by atoms with Gasteiger partial charge in [-0.3, -0.25) is 9.79 Å². The van der Waals surface area contributed by atoms with E-state index < -0.39 is 0 Å². The summed E-state index contributed by atoms with van der Waals surface area (Å²) < 4.78 is 0. The third-order valence-corrected chi connectivity index (χ3v) is 5.92. The minimum absolute atomic E-state index is 0.0718. The standard InChI is InChI=1S/C15H24N2O/c1-9-13-8-12-7-11(5-6-14(12,3)16-9)15(13,4)17-10(2)18/h11-13H,5-8H2,1-4H3,(H,17,18)/t11-,12+,13-,14+,15-/m0/s1. The summed E-state index contributed by atoms with van der Waals surface area (Å²) in [6.45, 7) is 8.37. The van der Waals surface area contributed by atoms with Crippen LogP contribution in [0.1, 0.15) is 53.4 Å². The van der Waals surface area contributed by atoms with E-state index >= 15 is 0 Å². The van der Waals surface area contributed by atoms with Crippen molar-refractivity contribution < 1.29 is 4.79 Å². The first-order valence-corrected chi connectivity index (χ1v) is 7.20. The fourth-order valence-electron chi connectivity index (χ4n) is 4.90. The lowest BCUT2D eigenvalue weighted by Crippen LogP contribution is -2.66. The molecule has 0 aromatic rings. The first-order chi connectivity index (χ1) is 8.35. The van der Waals surface area contributed by atoms with E-state index in [1.54, 1.807) is 6.92 Å². The summed E-state index contributed by atoms with van der Waals surface area (Å²) >= 11 is 0. The number of nitrogens with zero attached hydrogens (tertiary/aromatic N) is 1. The normalized spacial score (nSPS) is 49.8. The Bertz CT molecular complexity index is 430. The van der Waals surface area contributed by atoms with Crippen LogP contribution in [0.25, 0.3) is 0 Å². The van der Waals surface area contributed by atoms with E-state index in [-0.39, 0.29) is 17.0 Å². The zero-order chi connectivity index (χ0) is 13.1. The van der Waals surface area contributed by atoms with Crippen LogP contribution in [0.3, 0.4) is 0 Å². The fraction of sp³-hybridized carbons (Fsp3) is 0.867. The molecule has 0 radical (unpaired) electrons. The quantitative estimate of drug-likeness (QED) is 0.761. The van der Waals surface area contributed by atoms with Gasteiger partial charge >= 0.3 is 0 Å².